The van der Waals surface area contributed by atoms with Crippen molar-refractivity contribution in [2.75, 3.05) is 32.7 Å². The van der Waals surface area contributed by atoms with Crippen LogP contribution in [0.4, 0.5) is 13.2 Å². The molecule has 1 aliphatic heterocycles. The van der Waals surface area contributed by atoms with Gasteiger partial charge in [-0.3, -0.25) is 4.90 Å². The molecule has 0 bridgehead atoms. The van der Waals surface area contributed by atoms with Crippen molar-refractivity contribution in [2.24, 2.45) is 0 Å². The molecule has 0 unspecified atom stereocenters. The fourth-order valence-corrected chi connectivity index (χ4v) is 4.44. The molecule has 1 saturated heterocycles. The van der Waals surface area contributed by atoms with Crippen LogP contribution in [0.25, 0.3) is 6.08 Å². The van der Waals surface area contributed by atoms with Crippen molar-refractivity contribution in [1.29, 1.82) is 0 Å². The van der Waals surface area contributed by atoms with Crippen molar-refractivity contribution in [3.63, 3.8) is 0 Å². The molecule has 0 aliphatic carbocycles. The molecule has 3 rings (SSSR count). The van der Waals surface area contributed by atoms with Crippen LogP contribution < -0.4 is 4.74 Å². The van der Waals surface area contributed by atoms with E-state index in [9.17, 15) is 21.6 Å². The van der Waals surface area contributed by atoms with E-state index in [1.54, 1.807) is 0 Å². The van der Waals surface area contributed by atoms with Gasteiger partial charge in [-0.15, -0.1) is 13.2 Å². The van der Waals surface area contributed by atoms with Crippen LogP contribution in [0.1, 0.15) is 5.56 Å². The van der Waals surface area contributed by atoms with Crippen LogP contribution in [0, 0.1) is 0 Å². The zero-order valence-electron chi connectivity index (χ0n) is 15.5. The topological polar surface area (TPSA) is 49.9 Å². The second-order valence-corrected chi connectivity index (χ2v) is 8.47. The highest BCUT2D eigenvalue weighted by Gasteiger charge is 2.32. The van der Waals surface area contributed by atoms with Crippen LogP contribution in [-0.4, -0.2) is 56.7 Å². The molecule has 1 fully saturated rings. The number of rotatable bonds is 6. The fraction of sp³-hybridized carbons (Fsp3) is 0.300. The van der Waals surface area contributed by atoms with Crippen molar-refractivity contribution in [2.45, 2.75) is 11.3 Å². The molecule has 0 radical (unpaired) electrons. The summed E-state index contributed by atoms with van der Waals surface area (Å²) in [4.78, 5) is 2.09. The summed E-state index contributed by atoms with van der Waals surface area (Å²) < 4.78 is 67.3. The SMILES string of the molecule is O=S(=O)(c1ccc(OC(F)(F)F)cc1)N1CCN(C/C=C/c2ccccc2)CC1. The van der Waals surface area contributed by atoms with Gasteiger partial charge in [0.25, 0.3) is 0 Å². The maximum atomic E-state index is 12.7. The Kier molecular flexibility index (Phi) is 6.61. The highest BCUT2D eigenvalue weighted by Crippen LogP contribution is 2.25. The average molecular weight is 426 g/mol. The number of hydrogen-bond donors (Lipinski definition) is 0. The molecule has 0 spiro atoms. The number of halogens is 3. The largest absolute Gasteiger partial charge is 0.573 e. The monoisotopic (exact) mass is 426 g/mol. The first kappa shape index (κ1) is 21.4. The van der Waals surface area contributed by atoms with Crippen molar-refractivity contribution in [3.05, 3.63) is 66.2 Å². The zero-order valence-corrected chi connectivity index (χ0v) is 16.4. The van der Waals surface area contributed by atoms with E-state index in [0.29, 0.717) is 32.7 Å². The van der Waals surface area contributed by atoms with Gasteiger partial charge in [-0.2, -0.15) is 4.31 Å². The van der Waals surface area contributed by atoms with Gasteiger partial charge in [0.05, 0.1) is 4.90 Å². The van der Waals surface area contributed by atoms with E-state index in [1.165, 1.54) is 4.31 Å². The first-order chi connectivity index (χ1) is 13.7. The number of sulfonamides is 1. The van der Waals surface area contributed by atoms with E-state index in [0.717, 1.165) is 29.8 Å². The normalized spacial score (nSPS) is 16.9. The summed E-state index contributed by atoms with van der Waals surface area (Å²) in [5.41, 5.74) is 1.10. The molecule has 1 heterocycles. The summed E-state index contributed by atoms with van der Waals surface area (Å²) >= 11 is 0. The van der Waals surface area contributed by atoms with Crippen LogP contribution in [0.2, 0.25) is 0 Å². The summed E-state index contributed by atoms with van der Waals surface area (Å²) in [7, 11) is -3.76. The summed E-state index contributed by atoms with van der Waals surface area (Å²) in [5, 5.41) is 0. The Hall–Kier alpha value is -2.36. The summed E-state index contributed by atoms with van der Waals surface area (Å²) in [6.45, 7) is 2.51. The van der Waals surface area contributed by atoms with Gasteiger partial charge in [0.2, 0.25) is 10.0 Å². The van der Waals surface area contributed by atoms with Gasteiger partial charge >= 0.3 is 6.36 Å². The van der Waals surface area contributed by atoms with Crippen molar-refractivity contribution < 1.29 is 26.3 Å². The number of ether oxygens (including phenoxy) is 1. The highest BCUT2D eigenvalue weighted by molar-refractivity contribution is 7.89. The molecule has 0 saturated carbocycles. The molecular formula is C20H21F3N2O3S. The average Bonchev–Trinajstić information content (AvgIpc) is 2.68. The van der Waals surface area contributed by atoms with Gasteiger partial charge in [-0.25, -0.2) is 8.42 Å². The molecule has 9 heteroatoms. The molecule has 2 aromatic rings. The fourth-order valence-electron chi connectivity index (χ4n) is 3.02. The van der Waals surface area contributed by atoms with E-state index in [1.807, 2.05) is 42.5 Å². The van der Waals surface area contributed by atoms with Gasteiger partial charge < -0.3 is 4.74 Å². The van der Waals surface area contributed by atoms with Crippen LogP contribution in [0.5, 0.6) is 5.75 Å². The summed E-state index contributed by atoms with van der Waals surface area (Å²) in [6.07, 6.45) is -0.752. The molecule has 0 N–H and O–H groups in total. The lowest BCUT2D eigenvalue weighted by Gasteiger charge is -2.33. The lowest BCUT2D eigenvalue weighted by molar-refractivity contribution is -0.274. The van der Waals surface area contributed by atoms with E-state index < -0.39 is 22.1 Å². The standard InChI is InChI=1S/C20H21F3N2O3S/c21-20(22,23)28-18-8-10-19(11-9-18)29(26,27)25-15-13-24(14-16-25)12-4-7-17-5-2-1-3-6-17/h1-11H,12-16H2/b7-4+. The van der Waals surface area contributed by atoms with Gasteiger partial charge in [0.15, 0.2) is 0 Å². The predicted octanol–water partition coefficient (Wildman–Crippen LogP) is 3.60. The third-order valence-corrected chi connectivity index (χ3v) is 6.41. The van der Waals surface area contributed by atoms with Gasteiger partial charge in [-0.05, 0) is 29.8 Å². The van der Waals surface area contributed by atoms with E-state index >= 15 is 0 Å². The van der Waals surface area contributed by atoms with Crippen molar-refractivity contribution in [1.82, 2.24) is 9.21 Å². The Morgan fingerprint density at radius 3 is 2.14 bits per heavy atom. The lowest BCUT2D eigenvalue weighted by Crippen LogP contribution is -2.48. The minimum absolute atomic E-state index is 0.0514. The summed E-state index contributed by atoms with van der Waals surface area (Å²) in [5.74, 6) is -0.452. The van der Waals surface area contributed by atoms with Crippen LogP contribution >= 0.6 is 0 Å². The minimum Gasteiger partial charge on any atom is -0.406 e. The predicted molar refractivity (Wildman–Crippen MR) is 104 cm³/mol. The molecule has 2 aromatic carbocycles. The zero-order chi connectivity index (χ0) is 20.9. The number of piperazine rings is 1. The van der Waals surface area contributed by atoms with E-state index in [2.05, 4.69) is 9.64 Å². The minimum atomic E-state index is -4.81. The number of hydrogen-bond acceptors (Lipinski definition) is 4. The Bertz CT molecular complexity index is 922. The van der Waals surface area contributed by atoms with Crippen LogP contribution in [-0.2, 0) is 10.0 Å². The van der Waals surface area contributed by atoms with Crippen molar-refractivity contribution in [3.8, 4) is 5.75 Å². The van der Waals surface area contributed by atoms with Crippen molar-refractivity contribution >= 4 is 16.1 Å². The Morgan fingerprint density at radius 1 is 0.931 bits per heavy atom. The molecule has 0 amide bonds. The van der Waals surface area contributed by atoms with Crippen LogP contribution in [0.15, 0.2) is 65.6 Å². The van der Waals surface area contributed by atoms with Gasteiger partial charge in [0, 0.05) is 32.7 Å². The maximum absolute atomic E-state index is 12.7. The molecular weight excluding hydrogens is 405 g/mol. The quantitative estimate of drug-likeness (QED) is 0.708. The Balaban J connectivity index is 1.54. The van der Waals surface area contributed by atoms with E-state index in [-0.39, 0.29) is 4.90 Å². The third-order valence-electron chi connectivity index (χ3n) is 4.50. The number of benzene rings is 2. The molecule has 1 aliphatic rings. The third kappa shape index (κ3) is 6.06. The van der Waals surface area contributed by atoms with Gasteiger partial charge in [0.1, 0.15) is 5.75 Å². The smallest absolute Gasteiger partial charge is 0.406 e. The number of alkyl halides is 3. The Morgan fingerprint density at radius 2 is 1.55 bits per heavy atom. The maximum Gasteiger partial charge on any atom is 0.573 e. The lowest BCUT2D eigenvalue weighted by atomic mass is 10.2. The first-order valence-corrected chi connectivity index (χ1v) is 10.5. The molecule has 0 aromatic heterocycles. The Labute approximate surface area is 168 Å². The molecule has 5 nitrogen and oxygen atoms in total. The molecule has 29 heavy (non-hydrogen) atoms. The van der Waals surface area contributed by atoms with Gasteiger partial charge in [-0.1, -0.05) is 42.5 Å². The summed E-state index contributed by atoms with van der Waals surface area (Å²) in [6, 6.07) is 14.2. The number of nitrogens with zero attached hydrogens (tertiary/aromatic N) is 2. The first-order valence-electron chi connectivity index (χ1n) is 9.04. The second kappa shape index (κ2) is 8.98. The van der Waals surface area contributed by atoms with E-state index in [4.69, 9.17) is 0 Å². The molecule has 156 valence electrons. The van der Waals surface area contributed by atoms with Crippen LogP contribution in [0.3, 0.4) is 0 Å². The molecule has 0 atom stereocenters. The second-order valence-electron chi connectivity index (χ2n) is 6.54. The highest BCUT2D eigenvalue weighted by atomic mass is 32.2.